The summed E-state index contributed by atoms with van der Waals surface area (Å²) in [6, 6.07) is 9.35. The normalized spacial score (nSPS) is 16.6. The van der Waals surface area contributed by atoms with Gasteiger partial charge in [0.25, 0.3) is 0 Å². The van der Waals surface area contributed by atoms with Crippen molar-refractivity contribution in [3.63, 3.8) is 0 Å². The Morgan fingerprint density at radius 3 is 2.29 bits per heavy atom. The van der Waals surface area contributed by atoms with E-state index in [1.165, 1.54) is 0 Å². The van der Waals surface area contributed by atoms with E-state index in [0.29, 0.717) is 13.1 Å². The van der Waals surface area contributed by atoms with Crippen molar-refractivity contribution in [3.05, 3.63) is 30.3 Å². The number of rotatable bonds is 3. The van der Waals surface area contributed by atoms with Crippen LogP contribution in [0.3, 0.4) is 0 Å². The lowest BCUT2D eigenvalue weighted by Crippen LogP contribution is -2.60. The van der Waals surface area contributed by atoms with Gasteiger partial charge in [-0.15, -0.1) is 0 Å². The number of nitrogens with zero attached hydrogens (tertiary/aromatic N) is 2. The summed E-state index contributed by atoms with van der Waals surface area (Å²) in [6.45, 7) is 6.58. The molecular formula is C15H23N5O. The van der Waals surface area contributed by atoms with E-state index in [2.05, 4.69) is 10.2 Å². The molecule has 114 valence electrons. The minimum Gasteiger partial charge on any atom is -0.386 e. The van der Waals surface area contributed by atoms with Crippen molar-refractivity contribution in [2.75, 3.05) is 31.5 Å². The van der Waals surface area contributed by atoms with Crippen LogP contribution in [0.25, 0.3) is 0 Å². The van der Waals surface area contributed by atoms with Crippen molar-refractivity contribution >= 4 is 17.6 Å². The number of nitrogens with one attached hydrogen (secondary N) is 2. The minimum atomic E-state index is -0.456. The van der Waals surface area contributed by atoms with Gasteiger partial charge in [-0.1, -0.05) is 18.2 Å². The quantitative estimate of drug-likeness (QED) is 0.583. The number of hydrogen-bond donors (Lipinski definition) is 3. The smallest absolute Gasteiger partial charge is 0.321 e. The Hall–Kier alpha value is -2.08. The van der Waals surface area contributed by atoms with E-state index in [1.54, 1.807) is 4.90 Å². The fraction of sp³-hybridized carbons (Fsp3) is 0.467. The highest BCUT2D eigenvalue weighted by Gasteiger charge is 2.33. The van der Waals surface area contributed by atoms with Crippen LogP contribution >= 0.6 is 0 Å². The number of amides is 2. The zero-order chi connectivity index (χ0) is 15.5. The molecule has 1 aromatic rings. The molecule has 1 heterocycles. The van der Waals surface area contributed by atoms with Crippen molar-refractivity contribution in [3.8, 4) is 0 Å². The van der Waals surface area contributed by atoms with Crippen LogP contribution in [0.2, 0.25) is 0 Å². The van der Waals surface area contributed by atoms with Crippen molar-refractivity contribution in [1.82, 2.24) is 9.80 Å². The Morgan fingerprint density at radius 1 is 1.19 bits per heavy atom. The van der Waals surface area contributed by atoms with Crippen molar-refractivity contribution < 1.29 is 4.79 Å². The highest BCUT2D eigenvalue weighted by molar-refractivity contribution is 5.89. The maximum Gasteiger partial charge on any atom is 0.321 e. The second kappa shape index (κ2) is 6.13. The van der Waals surface area contributed by atoms with Gasteiger partial charge in [0, 0.05) is 31.9 Å². The fourth-order valence-electron chi connectivity index (χ4n) is 2.36. The highest BCUT2D eigenvalue weighted by atomic mass is 16.2. The van der Waals surface area contributed by atoms with Crippen LogP contribution < -0.4 is 11.1 Å². The Kier molecular flexibility index (Phi) is 4.47. The maximum absolute atomic E-state index is 12.2. The van der Waals surface area contributed by atoms with Gasteiger partial charge in [0.15, 0.2) is 0 Å². The predicted molar refractivity (Wildman–Crippen MR) is 84.6 cm³/mol. The van der Waals surface area contributed by atoms with Gasteiger partial charge >= 0.3 is 6.03 Å². The molecule has 1 fully saturated rings. The molecule has 1 aliphatic heterocycles. The third-order valence-corrected chi connectivity index (χ3v) is 4.04. The lowest BCUT2D eigenvalue weighted by Gasteiger charge is -2.43. The molecule has 0 spiro atoms. The van der Waals surface area contributed by atoms with Crippen molar-refractivity contribution in [1.29, 1.82) is 5.41 Å². The topological polar surface area (TPSA) is 85.5 Å². The number of amidine groups is 1. The average Bonchev–Trinajstić information content (AvgIpc) is 2.48. The van der Waals surface area contributed by atoms with Gasteiger partial charge in [-0.3, -0.25) is 10.3 Å². The number of nitrogens with two attached hydrogens (primary N) is 1. The summed E-state index contributed by atoms with van der Waals surface area (Å²) in [5.74, 6) is 0.157. The molecule has 1 aromatic carbocycles. The van der Waals surface area contributed by atoms with Crippen LogP contribution in [0.15, 0.2) is 30.3 Å². The average molecular weight is 289 g/mol. The second-order valence-electron chi connectivity index (χ2n) is 5.74. The number of para-hydroxylation sites is 1. The molecule has 0 unspecified atom stereocenters. The number of carbonyl (C=O) groups excluding carboxylic acids is 1. The lowest BCUT2D eigenvalue weighted by molar-refractivity contribution is 0.101. The summed E-state index contributed by atoms with van der Waals surface area (Å²) in [5, 5.41) is 10.5. The number of piperazine rings is 1. The van der Waals surface area contributed by atoms with E-state index in [4.69, 9.17) is 11.1 Å². The predicted octanol–water partition coefficient (Wildman–Crippen LogP) is 1.55. The molecule has 0 bridgehead atoms. The van der Waals surface area contributed by atoms with E-state index in [9.17, 15) is 4.79 Å². The van der Waals surface area contributed by atoms with Crippen molar-refractivity contribution in [2.24, 2.45) is 5.73 Å². The van der Waals surface area contributed by atoms with Gasteiger partial charge < -0.3 is 16.0 Å². The number of urea groups is 1. The minimum absolute atomic E-state index is 0.0820. The van der Waals surface area contributed by atoms with Crippen molar-refractivity contribution in [2.45, 2.75) is 19.4 Å². The molecule has 4 N–H and O–H groups in total. The third-order valence-electron chi connectivity index (χ3n) is 4.04. The first-order chi connectivity index (χ1) is 9.91. The monoisotopic (exact) mass is 289 g/mol. The molecule has 0 atom stereocenters. The summed E-state index contributed by atoms with van der Waals surface area (Å²) < 4.78 is 0. The molecule has 0 radical (unpaired) electrons. The molecule has 6 heteroatoms. The molecule has 2 amide bonds. The number of benzene rings is 1. The molecule has 0 saturated carbocycles. The molecule has 6 nitrogen and oxygen atoms in total. The zero-order valence-corrected chi connectivity index (χ0v) is 12.6. The molecular weight excluding hydrogens is 266 g/mol. The van der Waals surface area contributed by atoms with Gasteiger partial charge in [0.1, 0.15) is 5.84 Å². The van der Waals surface area contributed by atoms with Crippen LogP contribution in [0.1, 0.15) is 13.8 Å². The summed E-state index contributed by atoms with van der Waals surface area (Å²) in [5.41, 5.74) is 5.99. The molecule has 2 rings (SSSR count). The Labute approximate surface area is 125 Å². The fourth-order valence-corrected chi connectivity index (χ4v) is 2.36. The van der Waals surface area contributed by atoms with E-state index < -0.39 is 5.54 Å². The van der Waals surface area contributed by atoms with E-state index >= 15 is 0 Å². The number of anilines is 1. The Balaban J connectivity index is 1.89. The standard InChI is InChI=1S/C15H23N5O/c1-15(2,13(16)17)20-10-8-19(9-11-20)14(21)18-12-6-4-3-5-7-12/h3-7H,8-11H2,1-2H3,(H3,16,17)(H,18,21). The van der Waals surface area contributed by atoms with Crippen LogP contribution in [0, 0.1) is 5.41 Å². The van der Waals surface area contributed by atoms with Crippen LogP contribution in [-0.2, 0) is 0 Å². The third kappa shape index (κ3) is 3.52. The zero-order valence-electron chi connectivity index (χ0n) is 12.6. The first-order valence-corrected chi connectivity index (χ1v) is 7.12. The first-order valence-electron chi connectivity index (χ1n) is 7.12. The molecule has 21 heavy (non-hydrogen) atoms. The molecule has 0 aliphatic carbocycles. The van der Waals surface area contributed by atoms with E-state index in [1.807, 2.05) is 44.2 Å². The molecule has 1 saturated heterocycles. The number of hydrogen-bond acceptors (Lipinski definition) is 3. The van der Waals surface area contributed by atoms with E-state index in [-0.39, 0.29) is 11.9 Å². The maximum atomic E-state index is 12.2. The lowest BCUT2D eigenvalue weighted by atomic mass is 10.0. The summed E-state index contributed by atoms with van der Waals surface area (Å²) in [6.07, 6.45) is 0. The van der Waals surface area contributed by atoms with Gasteiger partial charge in [-0.2, -0.15) is 0 Å². The van der Waals surface area contributed by atoms with Gasteiger partial charge in [-0.25, -0.2) is 4.79 Å². The van der Waals surface area contributed by atoms with Crippen LogP contribution in [0.5, 0.6) is 0 Å². The van der Waals surface area contributed by atoms with E-state index in [0.717, 1.165) is 18.8 Å². The summed E-state index contributed by atoms with van der Waals surface area (Å²) >= 11 is 0. The van der Waals surface area contributed by atoms with Crippen LogP contribution in [0.4, 0.5) is 10.5 Å². The molecule has 0 aromatic heterocycles. The molecule has 1 aliphatic rings. The van der Waals surface area contributed by atoms with Gasteiger partial charge in [-0.05, 0) is 26.0 Å². The van der Waals surface area contributed by atoms with Crippen LogP contribution in [-0.4, -0.2) is 53.4 Å². The largest absolute Gasteiger partial charge is 0.386 e. The SMILES string of the molecule is CC(C)(C(=N)N)N1CCN(C(=O)Nc2ccccc2)CC1. The summed E-state index contributed by atoms with van der Waals surface area (Å²) in [7, 11) is 0. The number of carbonyl (C=O) groups is 1. The first kappa shape index (κ1) is 15.3. The second-order valence-corrected chi connectivity index (χ2v) is 5.74. The van der Waals surface area contributed by atoms with Gasteiger partial charge in [0.2, 0.25) is 0 Å². The highest BCUT2D eigenvalue weighted by Crippen LogP contribution is 2.17. The Bertz CT molecular complexity index is 506. The van der Waals surface area contributed by atoms with Gasteiger partial charge in [0.05, 0.1) is 5.54 Å². The Morgan fingerprint density at radius 2 is 1.76 bits per heavy atom. The summed E-state index contributed by atoms with van der Waals surface area (Å²) in [4.78, 5) is 16.1.